The highest BCUT2D eigenvalue weighted by Crippen LogP contribution is 2.45. The van der Waals surface area contributed by atoms with Crippen LogP contribution in [0.3, 0.4) is 0 Å². The number of nitrogens with zero attached hydrogens (tertiary/aromatic N) is 7. The Kier molecular flexibility index (Phi) is 6.23. The molecule has 5 aromatic rings. The molecular weight excluding hydrogens is 580 g/mol. The Morgan fingerprint density at radius 2 is 1.84 bits per heavy atom. The Bertz CT molecular complexity index is 1980. The van der Waals surface area contributed by atoms with Crippen LogP contribution in [-0.4, -0.2) is 72.3 Å². The van der Waals surface area contributed by atoms with Gasteiger partial charge in [-0.3, -0.25) is 9.78 Å². The van der Waals surface area contributed by atoms with Crippen LogP contribution in [0.5, 0.6) is 0 Å². The van der Waals surface area contributed by atoms with Gasteiger partial charge in [-0.25, -0.2) is 22.2 Å². The van der Waals surface area contributed by atoms with Gasteiger partial charge in [0.25, 0.3) is 5.91 Å². The number of nitrogens with one attached hydrogen (secondary N) is 1. The Morgan fingerprint density at radius 1 is 1.07 bits per heavy atom. The number of amides is 1. The van der Waals surface area contributed by atoms with E-state index in [2.05, 4.69) is 25.3 Å². The molecule has 7 rings (SSSR count). The molecule has 0 saturated carbocycles. The number of halogens is 2. The average Bonchev–Trinajstić information content (AvgIpc) is 3.71. The monoisotopic (exact) mass is 605 g/mol. The van der Waals surface area contributed by atoms with Gasteiger partial charge in [-0.2, -0.15) is 9.61 Å². The zero-order chi connectivity index (χ0) is 30.0. The summed E-state index contributed by atoms with van der Waals surface area (Å²) in [6, 6.07) is 6.34. The van der Waals surface area contributed by atoms with Gasteiger partial charge in [0.05, 0.1) is 17.6 Å². The van der Waals surface area contributed by atoms with Crippen LogP contribution in [0.4, 0.5) is 14.6 Å². The van der Waals surface area contributed by atoms with Crippen molar-refractivity contribution >= 4 is 27.2 Å². The van der Waals surface area contributed by atoms with Crippen molar-refractivity contribution in [2.75, 3.05) is 12.0 Å². The molecule has 2 saturated heterocycles. The van der Waals surface area contributed by atoms with Crippen molar-refractivity contribution in [3.05, 3.63) is 72.2 Å². The summed E-state index contributed by atoms with van der Waals surface area (Å²) in [6.07, 6.45) is 8.05. The topological polar surface area (TPSA) is 165 Å². The third-order valence-corrected chi connectivity index (χ3v) is 9.45. The third-order valence-electron chi connectivity index (χ3n) is 8.29. The number of aromatic amines is 1. The van der Waals surface area contributed by atoms with Gasteiger partial charge in [0.15, 0.2) is 15.5 Å². The lowest BCUT2D eigenvalue weighted by Gasteiger charge is -2.38. The van der Waals surface area contributed by atoms with Crippen LogP contribution in [0.2, 0.25) is 0 Å². The molecule has 6 heterocycles. The molecule has 12 nitrogen and oxygen atoms in total. The molecule has 4 aromatic heterocycles. The first kappa shape index (κ1) is 27.1. The highest BCUT2D eigenvalue weighted by Gasteiger charge is 2.46. The molecule has 220 valence electrons. The minimum Gasteiger partial charge on any atom is -0.382 e. The fourth-order valence-electron chi connectivity index (χ4n) is 6.45. The number of hydrogen-bond donors (Lipinski definition) is 2. The molecule has 43 heavy (non-hydrogen) atoms. The van der Waals surface area contributed by atoms with Crippen molar-refractivity contribution in [3.8, 4) is 22.4 Å². The Balaban J connectivity index is 1.28. The van der Waals surface area contributed by atoms with Crippen LogP contribution >= 0.6 is 0 Å². The van der Waals surface area contributed by atoms with Crippen molar-refractivity contribution in [3.63, 3.8) is 0 Å². The molecule has 15 heteroatoms. The predicted molar refractivity (Wildman–Crippen MR) is 150 cm³/mol. The molecule has 1 aromatic carbocycles. The van der Waals surface area contributed by atoms with Gasteiger partial charge in [0.1, 0.15) is 28.7 Å². The Morgan fingerprint density at radius 3 is 2.47 bits per heavy atom. The molecule has 2 aliphatic heterocycles. The predicted octanol–water partition coefficient (Wildman–Crippen LogP) is 3.39. The summed E-state index contributed by atoms with van der Waals surface area (Å²) in [5.74, 6) is -1.81. The molecule has 2 aliphatic rings. The van der Waals surface area contributed by atoms with E-state index < -0.39 is 21.5 Å². The second-order valence-electron chi connectivity index (χ2n) is 10.9. The van der Waals surface area contributed by atoms with E-state index in [1.54, 1.807) is 12.1 Å². The molecule has 0 unspecified atom stereocenters. The molecule has 2 bridgehead atoms. The minimum atomic E-state index is -3.81. The summed E-state index contributed by atoms with van der Waals surface area (Å²) in [5, 5.41) is 11.9. The maximum absolute atomic E-state index is 14.3. The van der Waals surface area contributed by atoms with E-state index in [0.717, 1.165) is 31.2 Å². The summed E-state index contributed by atoms with van der Waals surface area (Å²) in [7, 11) is -3.81. The van der Waals surface area contributed by atoms with Crippen molar-refractivity contribution in [1.82, 2.24) is 39.7 Å². The highest BCUT2D eigenvalue weighted by atomic mass is 32.2. The standard InChI is InChI=1S/C28H25F2N9O3S/c1-43(41,42)24-23(15-8-17-4-5-18(9-15)38(17)28(40)26-33-13-34-37-26)36-27-20(12-35-39(27)25(24)31)14-2-7-22(32-11-14)19-6-3-16(29)10-21(19)30/h2-3,6-7,10-13,15,17-18H,4-5,8-9,31H2,1H3,(H,33,34,37)/t15-,17-,18+. The zero-order valence-electron chi connectivity index (χ0n) is 22.8. The van der Waals surface area contributed by atoms with Crippen LogP contribution in [0, 0.1) is 11.6 Å². The van der Waals surface area contributed by atoms with Crippen LogP contribution in [0.25, 0.3) is 28.0 Å². The normalized spacial score (nSPS) is 20.2. The number of benzene rings is 1. The van der Waals surface area contributed by atoms with E-state index in [0.29, 0.717) is 41.0 Å². The van der Waals surface area contributed by atoms with Gasteiger partial charge >= 0.3 is 0 Å². The van der Waals surface area contributed by atoms with Crippen molar-refractivity contribution < 1.29 is 22.0 Å². The Labute approximate surface area is 243 Å². The summed E-state index contributed by atoms with van der Waals surface area (Å²) in [4.78, 5) is 26.9. The number of pyridine rings is 1. The highest BCUT2D eigenvalue weighted by molar-refractivity contribution is 7.91. The molecule has 0 radical (unpaired) electrons. The van der Waals surface area contributed by atoms with Crippen LogP contribution < -0.4 is 5.73 Å². The van der Waals surface area contributed by atoms with E-state index in [1.165, 1.54) is 29.3 Å². The first-order chi connectivity index (χ1) is 20.6. The molecule has 2 fully saturated rings. The number of piperidine rings is 1. The van der Waals surface area contributed by atoms with Crippen LogP contribution in [0.15, 0.2) is 53.9 Å². The third kappa shape index (κ3) is 4.50. The number of hydrogen-bond acceptors (Lipinski definition) is 9. The maximum atomic E-state index is 14.3. The lowest BCUT2D eigenvalue weighted by atomic mass is 9.87. The number of H-pyrrole nitrogens is 1. The summed E-state index contributed by atoms with van der Waals surface area (Å²) >= 11 is 0. The number of carbonyl (C=O) groups excluding carboxylic acids is 1. The Hall–Kier alpha value is -4.79. The SMILES string of the molecule is CS(=O)(=O)c1c([C@@H]2C[C@H]3CC[C@@H](C2)N3C(=O)c2nnc[nH]2)nc2c(-c3ccc(-c4ccc(F)cc4F)nc3)cnn2c1N. The van der Waals surface area contributed by atoms with Gasteiger partial charge < -0.3 is 15.6 Å². The lowest BCUT2D eigenvalue weighted by molar-refractivity contribution is 0.0556. The summed E-state index contributed by atoms with van der Waals surface area (Å²) in [6.45, 7) is 0. The quantitative estimate of drug-likeness (QED) is 0.305. The van der Waals surface area contributed by atoms with Gasteiger partial charge in [-0.15, -0.1) is 10.2 Å². The number of rotatable bonds is 5. The molecule has 3 atom stereocenters. The molecule has 0 aliphatic carbocycles. The zero-order valence-corrected chi connectivity index (χ0v) is 23.6. The lowest BCUT2D eigenvalue weighted by Crippen LogP contribution is -2.46. The van der Waals surface area contributed by atoms with E-state index in [1.807, 2.05) is 4.90 Å². The second kappa shape index (κ2) is 9.90. The number of nitrogen functional groups attached to an aromatic ring is 1. The van der Waals surface area contributed by atoms with E-state index in [9.17, 15) is 22.0 Å². The summed E-state index contributed by atoms with van der Waals surface area (Å²) in [5.41, 5.74) is 8.76. The minimum absolute atomic E-state index is 0.0563. The van der Waals surface area contributed by atoms with Crippen molar-refractivity contribution in [1.29, 1.82) is 0 Å². The summed E-state index contributed by atoms with van der Waals surface area (Å²) < 4.78 is 55.1. The number of nitrogens with two attached hydrogens (primary N) is 1. The maximum Gasteiger partial charge on any atom is 0.292 e. The van der Waals surface area contributed by atoms with E-state index in [-0.39, 0.29) is 46.0 Å². The van der Waals surface area contributed by atoms with E-state index in [4.69, 9.17) is 10.7 Å². The molecular formula is C28H25F2N9O3S. The first-order valence-corrected chi connectivity index (χ1v) is 15.5. The second-order valence-corrected chi connectivity index (χ2v) is 12.9. The molecule has 3 N–H and O–H groups in total. The number of sulfone groups is 1. The van der Waals surface area contributed by atoms with Gasteiger partial charge in [-0.05, 0) is 43.9 Å². The largest absolute Gasteiger partial charge is 0.382 e. The fourth-order valence-corrected chi connectivity index (χ4v) is 7.51. The molecule has 1 amide bonds. The van der Waals surface area contributed by atoms with Gasteiger partial charge in [-0.1, -0.05) is 6.07 Å². The van der Waals surface area contributed by atoms with Crippen molar-refractivity contribution in [2.24, 2.45) is 0 Å². The van der Waals surface area contributed by atoms with Gasteiger partial charge in [0, 0.05) is 53.2 Å². The van der Waals surface area contributed by atoms with Crippen LogP contribution in [0.1, 0.15) is 47.9 Å². The number of aromatic nitrogens is 7. The van der Waals surface area contributed by atoms with E-state index >= 15 is 0 Å². The average molecular weight is 606 g/mol. The number of fused-ring (bicyclic) bond motifs is 3. The first-order valence-electron chi connectivity index (χ1n) is 13.6. The number of carbonyl (C=O) groups is 1. The smallest absolute Gasteiger partial charge is 0.292 e. The van der Waals surface area contributed by atoms with Crippen LogP contribution in [-0.2, 0) is 9.84 Å². The molecule has 0 spiro atoms. The fraction of sp³-hybridized carbons (Fsp3) is 0.286. The van der Waals surface area contributed by atoms with Gasteiger partial charge in [0.2, 0.25) is 5.82 Å². The number of anilines is 1. The van der Waals surface area contributed by atoms with Crippen molar-refractivity contribution in [2.45, 2.75) is 48.6 Å².